The fourth-order valence-corrected chi connectivity index (χ4v) is 3.53. The molecule has 3 rings (SSSR count). The van der Waals surface area contributed by atoms with Gasteiger partial charge in [0.2, 0.25) is 11.8 Å². The van der Waals surface area contributed by atoms with Crippen LogP contribution in [0.4, 0.5) is 0 Å². The van der Waals surface area contributed by atoms with E-state index in [4.69, 9.17) is 11.6 Å². The lowest BCUT2D eigenvalue weighted by Gasteiger charge is -2.33. The molecule has 0 saturated heterocycles. The fourth-order valence-electron chi connectivity index (χ4n) is 3.40. The molecule has 0 aliphatic heterocycles. The van der Waals surface area contributed by atoms with Gasteiger partial charge in [-0.2, -0.15) is 0 Å². The van der Waals surface area contributed by atoms with Gasteiger partial charge in [-0.1, -0.05) is 98.2 Å². The summed E-state index contributed by atoms with van der Waals surface area (Å²) in [6, 6.07) is 25.8. The van der Waals surface area contributed by atoms with E-state index < -0.39 is 6.04 Å². The highest BCUT2D eigenvalue weighted by molar-refractivity contribution is 6.30. The maximum atomic E-state index is 13.4. The Balaban J connectivity index is 1.93. The van der Waals surface area contributed by atoms with Crippen LogP contribution in [0.15, 0.2) is 84.9 Å². The van der Waals surface area contributed by atoms with E-state index >= 15 is 0 Å². The molecule has 0 radical (unpaired) electrons. The van der Waals surface area contributed by atoms with Crippen LogP contribution >= 0.6 is 11.6 Å². The number of nitrogens with one attached hydrogen (secondary N) is 1. The monoisotopic (exact) mass is 434 g/mol. The summed E-state index contributed by atoms with van der Waals surface area (Å²) in [7, 11) is 0. The van der Waals surface area contributed by atoms with E-state index in [1.54, 1.807) is 17.0 Å². The Morgan fingerprint density at radius 2 is 1.42 bits per heavy atom. The van der Waals surface area contributed by atoms with Crippen LogP contribution in [0.5, 0.6) is 0 Å². The third kappa shape index (κ3) is 6.19. The van der Waals surface area contributed by atoms with E-state index in [1.807, 2.05) is 86.6 Å². The molecule has 1 atom stereocenters. The Kier molecular flexibility index (Phi) is 7.85. The zero-order valence-corrected chi connectivity index (χ0v) is 18.5. The van der Waals surface area contributed by atoms with E-state index in [0.29, 0.717) is 18.1 Å². The van der Waals surface area contributed by atoms with Crippen LogP contribution in [-0.4, -0.2) is 16.7 Å². The first kappa shape index (κ1) is 22.6. The van der Waals surface area contributed by atoms with E-state index in [2.05, 4.69) is 5.32 Å². The lowest BCUT2D eigenvalue weighted by atomic mass is 10.0. The van der Waals surface area contributed by atoms with E-state index in [1.165, 1.54) is 0 Å². The minimum Gasteiger partial charge on any atom is -0.350 e. The summed E-state index contributed by atoms with van der Waals surface area (Å²) >= 11 is 6.02. The van der Waals surface area contributed by atoms with Gasteiger partial charge in [0, 0.05) is 24.0 Å². The van der Waals surface area contributed by atoms with Gasteiger partial charge in [0.25, 0.3) is 0 Å². The highest BCUT2D eigenvalue weighted by atomic mass is 35.5. The molecule has 1 unspecified atom stereocenters. The number of amides is 2. The molecule has 2 amide bonds. The van der Waals surface area contributed by atoms with Crippen molar-refractivity contribution in [3.8, 4) is 0 Å². The first-order valence-corrected chi connectivity index (χ1v) is 10.7. The van der Waals surface area contributed by atoms with E-state index in [0.717, 1.165) is 16.7 Å². The number of hydrogen-bond donors (Lipinski definition) is 1. The van der Waals surface area contributed by atoms with E-state index in [-0.39, 0.29) is 17.7 Å². The number of rotatable bonds is 8. The Hall–Kier alpha value is -3.11. The normalized spacial score (nSPS) is 11.7. The van der Waals surface area contributed by atoms with Gasteiger partial charge in [-0.15, -0.1) is 0 Å². The van der Waals surface area contributed by atoms with Crippen LogP contribution in [0.2, 0.25) is 5.02 Å². The van der Waals surface area contributed by atoms with Crippen LogP contribution in [0.1, 0.15) is 36.6 Å². The zero-order valence-electron chi connectivity index (χ0n) is 17.8. The number of benzene rings is 3. The number of nitrogens with zero attached hydrogens (tertiary/aromatic N) is 1. The molecule has 0 fully saturated rings. The van der Waals surface area contributed by atoms with E-state index in [9.17, 15) is 9.59 Å². The summed E-state index contributed by atoms with van der Waals surface area (Å²) in [6.07, 6.45) is 0. The van der Waals surface area contributed by atoms with Crippen LogP contribution in [0, 0.1) is 5.92 Å². The van der Waals surface area contributed by atoms with Crippen molar-refractivity contribution in [2.75, 3.05) is 0 Å². The fraction of sp³-hybridized carbons (Fsp3) is 0.231. The smallest absolute Gasteiger partial charge is 0.247 e. The van der Waals surface area contributed by atoms with Crippen molar-refractivity contribution >= 4 is 23.4 Å². The molecule has 0 bridgehead atoms. The van der Waals surface area contributed by atoms with Crippen molar-refractivity contribution < 1.29 is 9.59 Å². The van der Waals surface area contributed by atoms with Gasteiger partial charge in [0.15, 0.2) is 0 Å². The molecule has 0 aromatic heterocycles. The Labute approximate surface area is 188 Å². The van der Waals surface area contributed by atoms with Crippen LogP contribution in [0.25, 0.3) is 0 Å². The average Bonchev–Trinajstić information content (AvgIpc) is 2.79. The second kappa shape index (κ2) is 10.8. The predicted molar refractivity (Wildman–Crippen MR) is 124 cm³/mol. The molecule has 0 spiro atoms. The molecule has 1 N–H and O–H groups in total. The van der Waals surface area contributed by atoms with Gasteiger partial charge in [0.1, 0.15) is 6.04 Å². The Morgan fingerprint density at radius 1 is 0.839 bits per heavy atom. The summed E-state index contributed by atoms with van der Waals surface area (Å²) in [5.74, 6) is -0.544. The third-order valence-electron chi connectivity index (χ3n) is 5.03. The maximum Gasteiger partial charge on any atom is 0.247 e. The van der Waals surface area contributed by atoms with Crippen molar-refractivity contribution in [2.24, 2.45) is 5.92 Å². The summed E-state index contributed by atoms with van der Waals surface area (Å²) in [4.78, 5) is 28.3. The second-order valence-electron chi connectivity index (χ2n) is 7.76. The number of hydrogen-bond acceptors (Lipinski definition) is 2. The molecule has 3 aromatic carbocycles. The molecular weight excluding hydrogens is 408 g/mol. The second-order valence-corrected chi connectivity index (χ2v) is 8.20. The summed E-state index contributed by atoms with van der Waals surface area (Å²) in [6.45, 7) is 4.41. The van der Waals surface area contributed by atoms with Crippen molar-refractivity contribution in [1.29, 1.82) is 0 Å². The number of carbonyl (C=O) groups is 2. The van der Waals surface area contributed by atoms with Gasteiger partial charge >= 0.3 is 0 Å². The summed E-state index contributed by atoms with van der Waals surface area (Å²) < 4.78 is 0. The van der Waals surface area contributed by atoms with Crippen molar-refractivity contribution in [2.45, 2.75) is 33.0 Å². The Morgan fingerprint density at radius 3 is 2.00 bits per heavy atom. The third-order valence-corrected chi connectivity index (χ3v) is 5.28. The Bertz CT molecular complexity index is 989. The summed E-state index contributed by atoms with van der Waals surface area (Å²) in [5, 5.41) is 3.64. The van der Waals surface area contributed by atoms with Crippen LogP contribution in [0.3, 0.4) is 0 Å². The maximum absolute atomic E-state index is 13.4. The first-order valence-electron chi connectivity index (χ1n) is 10.4. The molecule has 5 heteroatoms. The topological polar surface area (TPSA) is 49.4 Å². The lowest BCUT2D eigenvalue weighted by Crippen LogP contribution is -2.44. The molecule has 0 aliphatic rings. The molecule has 0 heterocycles. The minimum atomic E-state index is -0.740. The molecule has 160 valence electrons. The zero-order chi connectivity index (χ0) is 22.2. The molecular formula is C26H27ClN2O2. The first-order chi connectivity index (χ1) is 15.0. The number of carbonyl (C=O) groups excluding carboxylic acids is 2. The van der Waals surface area contributed by atoms with Gasteiger partial charge in [0.05, 0.1) is 0 Å². The largest absolute Gasteiger partial charge is 0.350 e. The standard InChI is InChI=1S/C26H27ClN2O2/c1-19(2)26(31)29(18-21-13-15-23(27)16-14-21)24(22-11-7-4-8-12-22)25(30)28-17-20-9-5-3-6-10-20/h3-16,19,24H,17-18H2,1-2H3,(H,28,30). The van der Waals surface area contributed by atoms with Crippen molar-refractivity contribution in [3.05, 3.63) is 107 Å². The van der Waals surface area contributed by atoms with Gasteiger partial charge in [-0.3, -0.25) is 9.59 Å². The van der Waals surface area contributed by atoms with Gasteiger partial charge in [-0.25, -0.2) is 0 Å². The van der Waals surface area contributed by atoms with Gasteiger partial charge < -0.3 is 10.2 Å². The minimum absolute atomic E-state index is 0.0846. The van der Waals surface area contributed by atoms with Crippen molar-refractivity contribution in [1.82, 2.24) is 10.2 Å². The average molecular weight is 435 g/mol. The highest BCUT2D eigenvalue weighted by Gasteiger charge is 2.32. The molecule has 0 aliphatic carbocycles. The SMILES string of the molecule is CC(C)C(=O)N(Cc1ccc(Cl)cc1)C(C(=O)NCc1ccccc1)c1ccccc1. The van der Waals surface area contributed by atoms with Crippen LogP contribution < -0.4 is 5.32 Å². The molecule has 31 heavy (non-hydrogen) atoms. The summed E-state index contributed by atoms with van der Waals surface area (Å²) in [5.41, 5.74) is 2.69. The highest BCUT2D eigenvalue weighted by Crippen LogP contribution is 2.26. The van der Waals surface area contributed by atoms with Crippen molar-refractivity contribution in [3.63, 3.8) is 0 Å². The lowest BCUT2D eigenvalue weighted by molar-refractivity contribution is -0.144. The molecule has 4 nitrogen and oxygen atoms in total. The molecule has 3 aromatic rings. The molecule has 0 saturated carbocycles. The quantitative estimate of drug-likeness (QED) is 0.517. The number of halogens is 1. The van der Waals surface area contributed by atoms with Crippen LogP contribution in [-0.2, 0) is 22.7 Å². The predicted octanol–water partition coefficient (Wildman–Crippen LogP) is 5.38. The van der Waals surface area contributed by atoms with Gasteiger partial charge in [-0.05, 0) is 28.8 Å².